The number of ether oxygens (including phenoxy) is 1. The van der Waals surface area contributed by atoms with Gasteiger partial charge in [0.05, 0.1) is 14.3 Å². The number of methoxy groups -OCH3 is 1. The van der Waals surface area contributed by atoms with Crippen LogP contribution in [0.1, 0.15) is 12.8 Å². The second kappa shape index (κ2) is 6.28. The van der Waals surface area contributed by atoms with E-state index in [1.807, 2.05) is 0 Å². The minimum atomic E-state index is -2.02. The normalized spacial score (nSPS) is 12.0. The molecule has 2 aromatic rings. The van der Waals surface area contributed by atoms with Crippen LogP contribution in [0.3, 0.4) is 0 Å². The summed E-state index contributed by atoms with van der Waals surface area (Å²) in [5.74, 6) is -0.512. The first-order chi connectivity index (χ1) is 9.81. The topological polar surface area (TPSA) is 69.9 Å². The fourth-order valence-electron chi connectivity index (χ4n) is 2.05. The number of unbranched alkanes of at least 4 members (excludes halogenated alkanes) is 1. The summed E-state index contributed by atoms with van der Waals surface area (Å²) in [7, 11) is -0.594. The molecule has 21 heavy (non-hydrogen) atoms. The van der Waals surface area contributed by atoms with Gasteiger partial charge in [-0.1, -0.05) is 0 Å². The van der Waals surface area contributed by atoms with Crippen LogP contribution >= 0.6 is 18.7 Å². The number of aryl methyl sites for hydroxylation is 1. The van der Waals surface area contributed by atoms with E-state index in [-0.39, 0.29) is 16.7 Å². The molecule has 6 nitrogen and oxygen atoms in total. The van der Waals surface area contributed by atoms with E-state index in [1.54, 1.807) is 13.3 Å². The number of halogens is 2. The maximum atomic E-state index is 13.8. The van der Waals surface area contributed by atoms with E-state index in [2.05, 4.69) is 15.1 Å². The molecule has 0 aliphatic heterocycles. The maximum absolute atomic E-state index is 13.8. The Morgan fingerprint density at radius 1 is 1.33 bits per heavy atom. The highest BCUT2D eigenvalue weighted by Crippen LogP contribution is 2.36. The Hall–Kier alpha value is -1.20. The van der Waals surface area contributed by atoms with Gasteiger partial charge in [-0.05, 0) is 37.8 Å². The van der Waals surface area contributed by atoms with Crippen LogP contribution in [0.15, 0.2) is 0 Å². The molecule has 0 aliphatic rings. The van der Waals surface area contributed by atoms with Gasteiger partial charge in [0.2, 0.25) is 11.2 Å². The monoisotopic (exact) mass is 334 g/mol. The van der Waals surface area contributed by atoms with Gasteiger partial charge in [-0.15, -0.1) is 5.10 Å². The third-order valence-corrected chi connectivity index (χ3v) is 4.56. The molecular formula is C12H17ClFN4O2P. The Balaban J connectivity index is 2.22. The average molecular weight is 335 g/mol. The van der Waals surface area contributed by atoms with Gasteiger partial charge in [0.25, 0.3) is 5.95 Å². The lowest BCUT2D eigenvalue weighted by molar-refractivity contribution is 0.398. The molecule has 2 aromatic heterocycles. The minimum absolute atomic E-state index is 0.0449. The number of fused-ring (bicyclic) bond motifs is 1. The fourth-order valence-corrected chi connectivity index (χ4v) is 3.19. The summed E-state index contributed by atoms with van der Waals surface area (Å²) in [6.07, 6.45) is 2.17. The standard InChI is InChI=1S/C12H17ClFN4O2P/c1-20-11-9-8(15-12(13)16-11)10(14)17-18(9)6-4-5-7-21(2,3)19/h4-7H2,1-3H3. The highest BCUT2D eigenvalue weighted by molar-refractivity contribution is 7.62. The molecule has 0 radical (unpaired) electrons. The molecule has 116 valence electrons. The molecule has 2 rings (SSSR count). The predicted molar refractivity (Wildman–Crippen MR) is 80.4 cm³/mol. The number of rotatable bonds is 6. The average Bonchev–Trinajstić information content (AvgIpc) is 2.70. The van der Waals surface area contributed by atoms with Crippen LogP contribution in [-0.4, -0.2) is 46.3 Å². The van der Waals surface area contributed by atoms with Gasteiger partial charge in [-0.3, -0.25) is 4.68 Å². The molecule has 0 fully saturated rings. The van der Waals surface area contributed by atoms with E-state index < -0.39 is 13.1 Å². The van der Waals surface area contributed by atoms with Crippen molar-refractivity contribution < 1.29 is 13.7 Å². The largest absolute Gasteiger partial charge is 0.479 e. The smallest absolute Gasteiger partial charge is 0.259 e. The Morgan fingerprint density at radius 2 is 2.05 bits per heavy atom. The number of hydrogen-bond donors (Lipinski definition) is 0. The van der Waals surface area contributed by atoms with Crippen LogP contribution in [0, 0.1) is 5.95 Å². The maximum Gasteiger partial charge on any atom is 0.259 e. The van der Waals surface area contributed by atoms with Crippen LogP contribution in [0.5, 0.6) is 5.88 Å². The lowest BCUT2D eigenvalue weighted by Gasteiger charge is -2.08. The number of nitrogens with zero attached hydrogens (tertiary/aromatic N) is 4. The molecule has 0 aliphatic carbocycles. The SMILES string of the molecule is COc1nc(Cl)nc2c(F)nn(CCCCP(C)(C)=O)c12. The molecule has 0 atom stereocenters. The zero-order valence-corrected chi connectivity index (χ0v) is 13.8. The zero-order chi connectivity index (χ0) is 15.6. The molecule has 9 heteroatoms. The molecule has 0 spiro atoms. The van der Waals surface area contributed by atoms with E-state index in [4.69, 9.17) is 16.3 Å². The summed E-state index contributed by atoms with van der Waals surface area (Å²) in [6, 6.07) is 0. The molecule has 2 heterocycles. The molecule has 0 bridgehead atoms. The lowest BCUT2D eigenvalue weighted by atomic mass is 10.3. The van der Waals surface area contributed by atoms with Gasteiger partial charge in [-0.25, -0.2) is 4.98 Å². The summed E-state index contributed by atoms with van der Waals surface area (Å²) in [5, 5.41) is 3.73. The van der Waals surface area contributed by atoms with E-state index in [0.717, 1.165) is 12.8 Å². The predicted octanol–water partition coefficient (Wildman–Crippen LogP) is 3.03. The molecular weight excluding hydrogens is 318 g/mol. The zero-order valence-electron chi connectivity index (χ0n) is 12.1. The summed E-state index contributed by atoms with van der Waals surface area (Å²) in [5.41, 5.74) is 0.430. The first kappa shape index (κ1) is 16.2. The van der Waals surface area contributed by atoms with Crippen molar-refractivity contribution in [3.63, 3.8) is 0 Å². The molecule has 0 saturated heterocycles. The van der Waals surface area contributed by atoms with Crippen molar-refractivity contribution in [3.05, 3.63) is 11.2 Å². The number of hydrogen-bond acceptors (Lipinski definition) is 5. The van der Waals surface area contributed by atoms with Gasteiger partial charge in [0.15, 0.2) is 11.0 Å². The van der Waals surface area contributed by atoms with Crippen molar-refractivity contribution in [3.8, 4) is 5.88 Å². The van der Waals surface area contributed by atoms with Gasteiger partial charge in [0.1, 0.15) is 0 Å². The van der Waals surface area contributed by atoms with E-state index in [0.29, 0.717) is 18.2 Å². The van der Waals surface area contributed by atoms with Gasteiger partial charge < -0.3 is 9.30 Å². The van der Waals surface area contributed by atoms with Crippen LogP contribution in [-0.2, 0) is 11.1 Å². The Kier molecular flexibility index (Phi) is 4.84. The second-order valence-electron chi connectivity index (χ2n) is 5.22. The van der Waals surface area contributed by atoms with Crippen molar-refractivity contribution in [1.29, 1.82) is 0 Å². The summed E-state index contributed by atoms with van der Waals surface area (Å²) in [6.45, 7) is 3.99. The van der Waals surface area contributed by atoms with Crippen LogP contribution < -0.4 is 4.74 Å². The Labute approximate surface area is 127 Å². The fraction of sp³-hybridized carbons (Fsp3) is 0.583. The van der Waals surface area contributed by atoms with Crippen LogP contribution in [0.4, 0.5) is 4.39 Å². The molecule has 0 unspecified atom stereocenters. The Morgan fingerprint density at radius 3 is 2.67 bits per heavy atom. The molecule has 0 saturated carbocycles. The lowest BCUT2D eigenvalue weighted by Crippen LogP contribution is -2.03. The summed E-state index contributed by atoms with van der Waals surface area (Å²) < 4.78 is 32.0. The van der Waals surface area contributed by atoms with E-state index in [1.165, 1.54) is 11.8 Å². The van der Waals surface area contributed by atoms with Crippen molar-refractivity contribution in [2.75, 3.05) is 26.6 Å². The van der Waals surface area contributed by atoms with Crippen molar-refractivity contribution in [2.24, 2.45) is 0 Å². The van der Waals surface area contributed by atoms with Gasteiger partial charge >= 0.3 is 0 Å². The van der Waals surface area contributed by atoms with Gasteiger partial charge in [0, 0.05) is 12.7 Å². The van der Waals surface area contributed by atoms with Crippen LogP contribution in [0.2, 0.25) is 5.28 Å². The third-order valence-electron chi connectivity index (χ3n) is 3.00. The van der Waals surface area contributed by atoms with Crippen molar-refractivity contribution >= 4 is 29.8 Å². The minimum Gasteiger partial charge on any atom is -0.479 e. The first-order valence-electron chi connectivity index (χ1n) is 6.49. The molecule has 0 amide bonds. The van der Waals surface area contributed by atoms with Crippen molar-refractivity contribution in [2.45, 2.75) is 19.4 Å². The molecule has 0 N–H and O–H groups in total. The molecule has 0 aromatic carbocycles. The summed E-state index contributed by atoms with van der Waals surface area (Å²) in [4.78, 5) is 7.76. The van der Waals surface area contributed by atoms with E-state index in [9.17, 15) is 8.96 Å². The third kappa shape index (κ3) is 3.92. The first-order valence-corrected chi connectivity index (χ1v) is 9.66. The highest BCUT2D eigenvalue weighted by atomic mass is 35.5. The Bertz CT molecular complexity index is 700. The van der Waals surface area contributed by atoms with E-state index >= 15 is 0 Å². The summed E-state index contributed by atoms with van der Waals surface area (Å²) >= 11 is 5.72. The second-order valence-corrected chi connectivity index (χ2v) is 9.15. The van der Waals surface area contributed by atoms with Crippen LogP contribution in [0.25, 0.3) is 11.0 Å². The van der Waals surface area contributed by atoms with Gasteiger partial charge in [-0.2, -0.15) is 9.37 Å². The van der Waals surface area contributed by atoms with Crippen molar-refractivity contribution in [1.82, 2.24) is 19.7 Å². The quantitative estimate of drug-likeness (QED) is 0.461. The highest BCUT2D eigenvalue weighted by Gasteiger charge is 2.18. The number of aromatic nitrogens is 4.